The van der Waals surface area contributed by atoms with Crippen LogP contribution in [-0.4, -0.2) is 24.1 Å². The highest BCUT2D eigenvalue weighted by atomic mass is 32.2. The topological polar surface area (TPSA) is 48.5 Å². The fourth-order valence-corrected chi connectivity index (χ4v) is 11.1. The van der Waals surface area contributed by atoms with Crippen molar-refractivity contribution in [3.8, 4) is 56.7 Å². The average molecular weight is 786 g/mol. The summed E-state index contributed by atoms with van der Waals surface area (Å²) in [5, 5.41) is 6.00. The number of para-hydroxylation sites is 3. The summed E-state index contributed by atoms with van der Waals surface area (Å²) in [4.78, 5) is 18.4. The van der Waals surface area contributed by atoms with Crippen LogP contribution in [0.3, 0.4) is 0 Å². The Kier molecular flexibility index (Phi) is 6.94. The Morgan fingerprint density at radius 2 is 1.12 bits per heavy atom. The smallest absolute Gasteiger partial charge is 0.164 e. The number of hydrogen-bond donors (Lipinski definition) is 0. The third-order valence-electron chi connectivity index (χ3n) is 12.7. The molecule has 8 aromatic carbocycles. The second-order valence-corrected chi connectivity index (χ2v) is 17.5. The number of aromatic nitrogens is 5. The van der Waals surface area contributed by atoms with E-state index in [9.17, 15) is 0 Å². The van der Waals surface area contributed by atoms with E-state index in [1.807, 2.05) is 11.8 Å². The first kappa shape index (κ1) is 33.7. The first-order valence-electron chi connectivity index (χ1n) is 20.4. The summed E-state index contributed by atoms with van der Waals surface area (Å²) in [5.74, 6) is 1.93. The van der Waals surface area contributed by atoms with E-state index >= 15 is 0 Å². The van der Waals surface area contributed by atoms with Crippen molar-refractivity contribution in [1.29, 1.82) is 0 Å². The molecule has 0 saturated heterocycles. The summed E-state index contributed by atoms with van der Waals surface area (Å²) in [6.07, 6.45) is 0. The maximum Gasteiger partial charge on any atom is 0.164 e. The first-order chi connectivity index (χ1) is 29.5. The lowest BCUT2D eigenvalue weighted by molar-refractivity contribution is 0.660. The van der Waals surface area contributed by atoms with Crippen LogP contribution < -0.4 is 0 Å². The molecule has 5 nitrogen and oxygen atoms in total. The van der Waals surface area contributed by atoms with Crippen molar-refractivity contribution in [2.24, 2.45) is 0 Å². The Morgan fingerprint density at radius 1 is 0.467 bits per heavy atom. The van der Waals surface area contributed by atoms with E-state index in [0.29, 0.717) is 17.5 Å². The molecule has 11 aromatic rings. The molecule has 0 N–H and O–H groups in total. The van der Waals surface area contributed by atoms with Gasteiger partial charge in [0.2, 0.25) is 0 Å². The van der Waals surface area contributed by atoms with E-state index in [0.717, 1.165) is 44.3 Å². The summed E-state index contributed by atoms with van der Waals surface area (Å²) in [7, 11) is 0. The molecule has 2 aliphatic rings. The number of fused-ring (bicyclic) bond motifs is 11. The minimum absolute atomic E-state index is 0.154. The standard InChI is InChI=1S/C54H35N5S/c1-54(2)42-23-7-5-19-37(42)38-29-28-34(31-43(38)54)51-55-50(56-52(57-51)39-21-12-15-32-14-3-4-18-36(32)39)33-16-11-17-35(30-33)58-44-24-8-6-20-40(44)48-41-22-13-27-47-49(41)59(53(48)58)45-25-9-10-26-46(45)60-47/h3-31H,1-2H3. The quantitative estimate of drug-likeness (QED) is 0.178. The van der Waals surface area contributed by atoms with Crippen LogP contribution in [0.1, 0.15) is 25.0 Å². The fraction of sp³-hybridized carbons (Fsp3) is 0.0556. The van der Waals surface area contributed by atoms with E-state index in [2.05, 4.69) is 199 Å². The van der Waals surface area contributed by atoms with Crippen LogP contribution in [0.25, 0.3) is 100 Å². The SMILES string of the molecule is CC1(C)c2ccccc2-c2ccc(-c3nc(-c4cccc(-n5c6ccccc6c6c7cccc8c7n(c65)-c5ccccc5S8)c4)nc(-c4cccc5ccccc45)n3)cc21. The Labute approximate surface area is 350 Å². The van der Waals surface area contributed by atoms with Gasteiger partial charge in [-0.05, 0) is 75.5 Å². The lowest BCUT2D eigenvalue weighted by atomic mass is 9.82. The largest absolute Gasteiger partial charge is 0.295 e. The molecule has 0 spiro atoms. The van der Waals surface area contributed by atoms with Gasteiger partial charge in [-0.1, -0.05) is 159 Å². The Balaban J connectivity index is 1.05. The molecule has 0 unspecified atom stereocenters. The van der Waals surface area contributed by atoms with Crippen molar-refractivity contribution in [3.63, 3.8) is 0 Å². The zero-order valence-electron chi connectivity index (χ0n) is 32.9. The Hall–Kier alpha value is -7.28. The molecule has 13 rings (SSSR count). The van der Waals surface area contributed by atoms with Gasteiger partial charge in [-0.25, -0.2) is 15.0 Å². The van der Waals surface area contributed by atoms with Gasteiger partial charge in [0.1, 0.15) is 5.65 Å². The highest BCUT2D eigenvalue weighted by molar-refractivity contribution is 7.99. The highest BCUT2D eigenvalue weighted by Crippen LogP contribution is 2.51. The molecule has 1 aliphatic heterocycles. The molecule has 60 heavy (non-hydrogen) atoms. The predicted molar refractivity (Wildman–Crippen MR) is 246 cm³/mol. The number of hydrogen-bond acceptors (Lipinski definition) is 4. The molecule has 282 valence electrons. The van der Waals surface area contributed by atoms with Crippen molar-refractivity contribution in [2.45, 2.75) is 29.1 Å². The molecule has 4 heterocycles. The van der Waals surface area contributed by atoms with Gasteiger partial charge in [-0.2, -0.15) is 0 Å². The monoisotopic (exact) mass is 785 g/mol. The van der Waals surface area contributed by atoms with Crippen molar-refractivity contribution < 1.29 is 0 Å². The van der Waals surface area contributed by atoms with Gasteiger partial charge in [0.25, 0.3) is 0 Å². The third kappa shape index (κ3) is 4.68. The van der Waals surface area contributed by atoms with Crippen LogP contribution in [0.15, 0.2) is 186 Å². The minimum atomic E-state index is -0.154. The average Bonchev–Trinajstić information content (AvgIpc) is 3.90. The second-order valence-electron chi connectivity index (χ2n) is 16.4. The molecule has 0 saturated carbocycles. The van der Waals surface area contributed by atoms with E-state index in [4.69, 9.17) is 15.0 Å². The molecule has 6 heteroatoms. The van der Waals surface area contributed by atoms with Gasteiger partial charge in [-0.15, -0.1) is 0 Å². The number of nitrogens with zero attached hydrogens (tertiary/aromatic N) is 5. The summed E-state index contributed by atoms with van der Waals surface area (Å²) >= 11 is 1.85. The molecular weight excluding hydrogens is 751 g/mol. The summed E-state index contributed by atoms with van der Waals surface area (Å²) in [5.41, 5.74) is 13.7. The molecule has 3 aromatic heterocycles. The van der Waals surface area contributed by atoms with Crippen LogP contribution in [0.5, 0.6) is 0 Å². The van der Waals surface area contributed by atoms with E-state index in [-0.39, 0.29) is 5.41 Å². The van der Waals surface area contributed by atoms with E-state index in [1.54, 1.807) is 0 Å². The van der Waals surface area contributed by atoms with Gasteiger partial charge < -0.3 is 0 Å². The maximum atomic E-state index is 5.33. The fourth-order valence-electron chi connectivity index (χ4n) is 9.99. The van der Waals surface area contributed by atoms with Crippen LogP contribution in [-0.2, 0) is 5.41 Å². The molecule has 1 aliphatic carbocycles. The Morgan fingerprint density at radius 3 is 2.03 bits per heavy atom. The van der Waals surface area contributed by atoms with Gasteiger partial charge in [0, 0.05) is 53.7 Å². The zero-order chi connectivity index (χ0) is 39.7. The van der Waals surface area contributed by atoms with Crippen molar-refractivity contribution in [3.05, 3.63) is 187 Å². The molecule has 0 amide bonds. The van der Waals surface area contributed by atoms with Crippen molar-refractivity contribution in [1.82, 2.24) is 24.1 Å². The minimum Gasteiger partial charge on any atom is -0.295 e. The van der Waals surface area contributed by atoms with Gasteiger partial charge >= 0.3 is 0 Å². The maximum absolute atomic E-state index is 5.33. The zero-order valence-corrected chi connectivity index (χ0v) is 33.7. The van der Waals surface area contributed by atoms with Gasteiger partial charge in [-0.3, -0.25) is 9.13 Å². The predicted octanol–water partition coefficient (Wildman–Crippen LogP) is 13.8. The highest BCUT2D eigenvalue weighted by Gasteiger charge is 2.35. The van der Waals surface area contributed by atoms with E-state index < -0.39 is 0 Å². The number of rotatable bonds is 4. The van der Waals surface area contributed by atoms with Crippen molar-refractivity contribution in [2.75, 3.05) is 0 Å². The normalized spacial score (nSPS) is 13.6. The summed E-state index contributed by atoms with van der Waals surface area (Å²) < 4.78 is 4.91. The third-order valence-corrected chi connectivity index (χ3v) is 13.9. The lowest BCUT2D eigenvalue weighted by Crippen LogP contribution is -2.15. The summed E-state index contributed by atoms with van der Waals surface area (Å²) in [6, 6.07) is 63.3. The van der Waals surface area contributed by atoms with Crippen LogP contribution in [0.4, 0.5) is 0 Å². The summed E-state index contributed by atoms with van der Waals surface area (Å²) in [6.45, 7) is 4.63. The second kappa shape index (κ2) is 12.4. The van der Waals surface area contributed by atoms with Crippen LogP contribution in [0, 0.1) is 0 Å². The molecule has 0 radical (unpaired) electrons. The van der Waals surface area contributed by atoms with Crippen LogP contribution >= 0.6 is 11.8 Å². The lowest BCUT2D eigenvalue weighted by Gasteiger charge is -2.22. The molecule has 0 fully saturated rings. The van der Waals surface area contributed by atoms with Gasteiger partial charge in [0.15, 0.2) is 17.5 Å². The molecule has 0 atom stereocenters. The Bertz CT molecular complexity index is 3620. The van der Waals surface area contributed by atoms with E-state index in [1.165, 1.54) is 59.4 Å². The first-order valence-corrected chi connectivity index (χ1v) is 21.3. The van der Waals surface area contributed by atoms with Gasteiger partial charge in [0.05, 0.1) is 16.7 Å². The number of benzene rings is 8. The molecule has 0 bridgehead atoms. The van der Waals surface area contributed by atoms with Crippen molar-refractivity contribution >= 4 is 55.4 Å². The van der Waals surface area contributed by atoms with Crippen LogP contribution in [0.2, 0.25) is 0 Å². The molecular formula is C54H35N5S.